The fraction of sp³-hybridized carbons (Fsp3) is 0.579. The van der Waals surface area contributed by atoms with E-state index in [9.17, 15) is 0 Å². The molecule has 2 atom stereocenters. The van der Waals surface area contributed by atoms with E-state index >= 15 is 0 Å². The lowest BCUT2D eigenvalue weighted by molar-refractivity contribution is 0.0784. The van der Waals surface area contributed by atoms with Crippen LogP contribution in [0.25, 0.3) is 0 Å². The molecule has 0 radical (unpaired) electrons. The van der Waals surface area contributed by atoms with E-state index in [1.54, 1.807) is 0 Å². The molecule has 0 fully saturated rings. The van der Waals surface area contributed by atoms with E-state index in [-0.39, 0.29) is 12.1 Å². The van der Waals surface area contributed by atoms with Crippen LogP contribution in [0.3, 0.4) is 0 Å². The summed E-state index contributed by atoms with van der Waals surface area (Å²) in [5.41, 5.74) is 8.55. The van der Waals surface area contributed by atoms with Gasteiger partial charge in [-0.15, -0.1) is 6.58 Å². The van der Waals surface area contributed by atoms with Crippen molar-refractivity contribution in [3.8, 4) is 0 Å². The summed E-state index contributed by atoms with van der Waals surface area (Å²) in [6, 6.07) is 9.10. The summed E-state index contributed by atoms with van der Waals surface area (Å²) in [7, 11) is 0. The van der Waals surface area contributed by atoms with Crippen molar-refractivity contribution in [2.75, 3.05) is 6.61 Å². The Morgan fingerprint density at radius 3 is 2.43 bits per heavy atom. The number of hydrogen-bond acceptors (Lipinski definition) is 2. The molecule has 0 aliphatic rings. The summed E-state index contributed by atoms with van der Waals surface area (Å²) < 4.78 is 5.72. The van der Waals surface area contributed by atoms with Crippen LogP contribution in [0.2, 0.25) is 0 Å². The highest BCUT2D eigenvalue weighted by Crippen LogP contribution is 2.12. The molecular formula is C19H31NO. The normalized spacial score (nSPS) is 13.9. The molecule has 21 heavy (non-hydrogen) atoms. The molecule has 0 saturated heterocycles. The first-order valence-corrected chi connectivity index (χ1v) is 8.23. The van der Waals surface area contributed by atoms with Gasteiger partial charge in [-0.05, 0) is 50.2 Å². The first-order valence-electron chi connectivity index (χ1n) is 8.23. The van der Waals surface area contributed by atoms with Crippen molar-refractivity contribution in [1.29, 1.82) is 0 Å². The van der Waals surface area contributed by atoms with Crippen LogP contribution in [-0.2, 0) is 17.6 Å². The maximum Gasteiger partial charge on any atom is 0.0753 e. The van der Waals surface area contributed by atoms with Gasteiger partial charge < -0.3 is 10.5 Å². The minimum absolute atomic E-state index is 0.221. The average molecular weight is 289 g/mol. The van der Waals surface area contributed by atoms with Crippen molar-refractivity contribution < 1.29 is 4.74 Å². The lowest BCUT2D eigenvalue weighted by atomic mass is 10.0. The Morgan fingerprint density at radius 2 is 1.86 bits per heavy atom. The second-order valence-electron chi connectivity index (χ2n) is 5.89. The van der Waals surface area contributed by atoms with Crippen LogP contribution < -0.4 is 5.73 Å². The van der Waals surface area contributed by atoms with Gasteiger partial charge in [0.1, 0.15) is 0 Å². The van der Waals surface area contributed by atoms with E-state index in [0.29, 0.717) is 0 Å². The average Bonchev–Trinajstić information content (AvgIpc) is 2.47. The minimum atomic E-state index is 0.221. The van der Waals surface area contributed by atoms with Gasteiger partial charge in [0.25, 0.3) is 0 Å². The van der Waals surface area contributed by atoms with Crippen molar-refractivity contribution in [2.45, 2.75) is 64.5 Å². The number of ether oxygens (including phenoxy) is 1. The summed E-state index contributed by atoms with van der Waals surface area (Å²) >= 11 is 0. The lowest BCUT2D eigenvalue weighted by Gasteiger charge is -2.13. The summed E-state index contributed by atoms with van der Waals surface area (Å²) in [5, 5.41) is 0. The van der Waals surface area contributed by atoms with Gasteiger partial charge in [0, 0.05) is 12.6 Å². The van der Waals surface area contributed by atoms with Crippen LogP contribution in [0.15, 0.2) is 36.9 Å². The molecule has 2 heteroatoms. The molecule has 0 heterocycles. The third kappa shape index (κ3) is 8.03. The number of rotatable bonds is 11. The van der Waals surface area contributed by atoms with Crippen LogP contribution in [0.4, 0.5) is 0 Å². The predicted octanol–water partition coefficient (Wildman–Crippen LogP) is 4.27. The van der Waals surface area contributed by atoms with Gasteiger partial charge in [-0.3, -0.25) is 0 Å². The Morgan fingerprint density at radius 1 is 1.19 bits per heavy atom. The highest BCUT2D eigenvalue weighted by molar-refractivity contribution is 5.23. The van der Waals surface area contributed by atoms with Crippen LogP contribution in [0.1, 0.15) is 50.7 Å². The first-order chi connectivity index (χ1) is 10.2. The van der Waals surface area contributed by atoms with Crippen molar-refractivity contribution in [2.24, 2.45) is 5.73 Å². The fourth-order valence-corrected chi connectivity index (χ4v) is 2.43. The van der Waals surface area contributed by atoms with Gasteiger partial charge in [0.15, 0.2) is 0 Å². The highest BCUT2D eigenvalue weighted by Gasteiger charge is 2.04. The maximum absolute atomic E-state index is 5.82. The molecular weight excluding hydrogens is 258 g/mol. The van der Waals surface area contributed by atoms with E-state index in [2.05, 4.69) is 37.8 Å². The summed E-state index contributed by atoms with van der Waals surface area (Å²) in [4.78, 5) is 0. The molecule has 2 unspecified atom stereocenters. The van der Waals surface area contributed by atoms with Gasteiger partial charge in [0.2, 0.25) is 0 Å². The summed E-state index contributed by atoms with van der Waals surface area (Å²) in [6.45, 7) is 8.86. The zero-order valence-electron chi connectivity index (χ0n) is 13.7. The molecule has 1 rings (SSSR count). The van der Waals surface area contributed by atoms with E-state index in [4.69, 9.17) is 10.5 Å². The third-order valence-corrected chi connectivity index (χ3v) is 3.58. The monoisotopic (exact) mass is 289 g/mol. The second-order valence-corrected chi connectivity index (χ2v) is 5.89. The van der Waals surface area contributed by atoms with Gasteiger partial charge in [-0.25, -0.2) is 0 Å². The van der Waals surface area contributed by atoms with Crippen LogP contribution in [0.5, 0.6) is 0 Å². The Labute approximate surface area is 130 Å². The Hall–Kier alpha value is -1.12. The van der Waals surface area contributed by atoms with E-state index < -0.39 is 0 Å². The number of nitrogens with two attached hydrogens (primary N) is 1. The van der Waals surface area contributed by atoms with E-state index in [0.717, 1.165) is 32.3 Å². The molecule has 0 saturated carbocycles. The van der Waals surface area contributed by atoms with Gasteiger partial charge in [0.05, 0.1) is 6.10 Å². The molecule has 1 aromatic carbocycles. The molecule has 2 nitrogen and oxygen atoms in total. The number of hydrogen-bond donors (Lipinski definition) is 1. The van der Waals surface area contributed by atoms with Crippen molar-refractivity contribution in [3.63, 3.8) is 0 Å². The molecule has 0 spiro atoms. The Bertz CT molecular complexity index is 383. The molecule has 0 aliphatic heterocycles. The summed E-state index contributed by atoms with van der Waals surface area (Å²) in [5.74, 6) is 0. The number of unbranched alkanes of at least 4 members (excludes halogenated alkanes) is 1. The minimum Gasteiger partial charge on any atom is -0.374 e. The molecule has 2 N–H and O–H groups in total. The van der Waals surface area contributed by atoms with Crippen molar-refractivity contribution in [1.82, 2.24) is 0 Å². The van der Waals surface area contributed by atoms with Crippen molar-refractivity contribution in [3.05, 3.63) is 48.0 Å². The quantitative estimate of drug-likeness (QED) is 0.488. The fourth-order valence-electron chi connectivity index (χ4n) is 2.43. The topological polar surface area (TPSA) is 35.2 Å². The van der Waals surface area contributed by atoms with Gasteiger partial charge in [-0.1, -0.05) is 43.7 Å². The maximum atomic E-state index is 5.82. The zero-order valence-corrected chi connectivity index (χ0v) is 13.7. The SMILES string of the molecule is C=CC(CCCCc1ccc(CC(C)N)cc1)OCCC. The standard InChI is InChI=1S/C19H31NO/c1-4-14-21-19(5-2)9-7-6-8-17-10-12-18(13-11-17)15-16(3)20/h5,10-13,16,19H,2,4,6-9,14-15,20H2,1,3H3. The summed E-state index contributed by atoms with van der Waals surface area (Å²) in [6.07, 6.45) is 8.77. The highest BCUT2D eigenvalue weighted by atomic mass is 16.5. The van der Waals surface area contributed by atoms with Crippen LogP contribution >= 0.6 is 0 Å². The van der Waals surface area contributed by atoms with Crippen LogP contribution in [-0.4, -0.2) is 18.8 Å². The molecule has 0 aliphatic carbocycles. The number of aryl methyl sites for hydroxylation is 1. The Balaban J connectivity index is 2.24. The molecule has 118 valence electrons. The van der Waals surface area contributed by atoms with Gasteiger partial charge in [-0.2, -0.15) is 0 Å². The van der Waals surface area contributed by atoms with E-state index in [1.165, 1.54) is 24.0 Å². The Kier molecular flexibility index (Phi) is 9.04. The van der Waals surface area contributed by atoms with Crippen LogP contribution in [0, 0.1) is 0 Å². The third-order valence-electron chi connectivity index (χ3n) is 3.58. The molecule has 1 aromatic rings. The second kappa shape index (κ2) is 10.6. The first kappa shape index (κ1) is 17.9. The smallest absolute Gasteiger partial charge is 0.0753 e. The molecule has 0 amide bonds. The van der Waals surface area contributed by atoms with E-state index in [1.807, 2.05) is 13.0 Å². The molecule has 0 bridgehead atoms. The zero-order chi connectivity index (χ0) is 15.5. The largest absolute Gasteiger partial charge is 0.374 e. The van der Waals surface area contributed by atoms with Crippen molar-refractivity contribution >= 4 is 0 Å². The lowest BCUT2D eigenvalue weighted by Crippen LogP contribution is -2.17. The number of benzene rings is 1. The van der Waals surface area contributed by atoms with Gasteiger partial charge >= 0.3 is 0 Å². The predicted molar refractivity (Wildman–Crippen MR) is 91.6 cm³/mol. The molecule has 0 aromatic heterocycles.